The fraction of sp³-hybridized carbons (Fsp3) is 0.385. The van der Waals surface area contributed by atoms with Gasteiger partial charge in [-0.15, -0.1) is 0 Å². The number of fused-ring (bicyclic) bond motifs is 1. The Morgan fingerprint density at radius 1 is 0.912 bits per heavy atom. The van der Waals surface area contributed by atoms with Gasteiger partial charge < -0.3 is 14.4 Å². The summed E-state index contributed by atoms with van der Waals surface area (Å²) >= 11 is 0. The number of nitrogens with zero attached hydrogens (tertiary/aromatic N) is 2. The van der Waals surface area contributed by atoms with E-state index in [4.69, 9.17) is 9.47 Å². The Hall–Kier alpha value is -3.68. The molecular formula is C26H26N2O6. The number of methoxy groups -OCH3 is 1. The minimum Gasteiger partial charge on any atom is -0.495 e. The van der Waals surface area contributed by atoms with Crippen molar-refractivity contribution in [2.24, 2.45) is 17.8 Å². The van der Waals surface area contributed by atoms with Gasteiger partial charge in [0, 0.05) is 13.0 Å². The standard InChI is InChI=1S/C26H26N2O6/c1-33-22-9-5-4-8-21(22)27-15-16(14-23(27)29)26(32)34-18-12-10-17(11-13-18)28-24(30)19-6-2-3-7-20(19)25(28)31/h4-5,8-13,16,19-20H,2-3,6-7,14-15H2,1H3/t16-,19-,20+/m0/s1. The molecule has 0 spiro atoms. The summed E-state index contributed by atoms with van der Waals surface area (Å²) in [6.07, 6.45) is 3.51. The van der Waals surface area contributed by atoms with E-state index in [0.29, 0.717) is 22.9 Å². The Morgan fingerprint density at radius 2 is 1.56 bits per heavy atom. The molecule has 0 unspecified atom stereocenters. The molecule has 3 fully saturated rings. The number of benzene rings is 2. The molecule has 8 nitrogen and oxygen atoms in total. The molecule has 2 saturated heterocycles. The summed E-state index contributed by atoms with van der Waals surface area (Å²) in [5.41, 5.74) is 1.11. The van der Waals surface area contributed by atoms with Gasteiger partial charge in [0.05, 0.1) is 36.2 Å². The molecule has 2 aromatic rings. The van der Waals surface area contributed by atoms with Gasteiger partial charge in [-0.25, -0.2) is 0 Å². The van der Waals surface area contributed by atoms with Crippen LogP contribution in [0.2, 0.25) is 0 Å². The van der Waals surface area contributed by atoms with E-state index in [9.17, 15) is 19.2 Å². The first-order valence-corrected chi connectivity index (χ1v) is 11.6. The van der Waals surface area contributed by atoms with Gasteiger partial charge in [0.25, 0.3) is 0 Å². The second-order valence-electron chi connectivity index (χ2n) is 9.00. The molecule has 0 radical (unpaired) electrons. The molecule has 0 N–H and O–H groups in total. The van der Waals surface area contributed by atoms with Crippen molar-refractivity contribution in [3.63, 3.8) is 0 Å². The normalized spacial score (nSPS) is 24.4. The van der Waals surface area contributed by atoms with Crippen molar-refractivity contribution < 1.29 is 28.7 Å². The Balaban J connectivity index is 1.25. The fourth-order valence-corrected chi connectivity index (χ4v) is 5.23. The zero-order valence-corrected chi connectivity index (χ0v) is 18.9. The van der Waals surface area contributed by atoms with Crippen LogP contribution in [-0.4, -0.2) is 37.3 Å². The summed E-state index contributed by atoms with van der Waals surface area (Å²) in [4.78, 5) is 53.7. The zero-order valence-electron chi connectivity index (χ0n) is 18.9. The Bertz CT molecular complexity index is 1120. The van der Waals surface area contributed by atoms with Gasteiger partial charge in [0.2, 0.25) is 17.7 Å². The molecule has 1 saturated carbocycles. The lowest BCUT2D eigenvalue weighted by Crippen LogP contribution is -2.30. The number of esters is 1. The zero-order chi connectivity index (χ0) is 23.8. The molecule has 8 heteroatoms. The molecule has 0 aromatic heterocycles. The molecular weight excluding hydrogens is 436 g/mol. The number of rotatable bonds is 5. The van der Waals surface area contributed by atoms with Crippen LogP contribution in [0.4, 0.5) is 11.4 Å². The highest BCUT2D eigenvalue weighted by Crippen LogP contribution is 2.40. The van der Waals surface area contributed by atoms with Crippen LogP contribution in [0.15, 0.2) is 48.5 Å². The van der Waals surface area contributed by atoms with Crippen LogP contribution < -0.4 is 19.3 Å². The van der Waals surface area contributed by atoms with Crippen molar-refractivity contribution in [1.29, 1.82) is 0 Å². The second-order valence-corrected chi connectivity index (χ2v) is 9.00. The summed E-state index contributed by atoms with van der Waals surface area (Å²) in [6, 6.07) is 13.6. The predicted octanol–water partition coefficient (Wildman–Crippen LogP) is 3.33. The SMILES string of the molecule is COc1ccccc1N1C[C@@H](C(=O)Oc2ccc(N3C(=O)[C@H]4CCCC[C@H]4C3=O)cc2)CC1=O. The molecule has 3 amide bonds. The van der Waals surface area contributed by atoms with E-state index in [2.05, 4.69) is 0 Å². The number of ether oxygens (including phenoxy) is 2. The highest BCUT2D eigenvalue weighted by molar-refractivity contribution is 6.22. The quantitative estimate of drug-likeness (QED) is 0.384. The van der Waals surface area contributed by atoms with E-state index in [-0.39, 0.29) is 42.5 Å². The fourth-order valence-electron chi connectivity index (χ4n) is 5.23. The molecule has 2 heterocycles. The Kier molecular flexibility index (Phi) is 5.81. The molecule has 5 rings (SSSR count). The van der Waals surface area contributed by atoms with Crippen LogP contribution in [0.1, 0.15) is 32.1 Å². The highest BCUT2D eigenvalue weighted by Gasteiger charge is 2.48. The summed E-state index contributed by atoms with van der Waals surface area (Å²) in [7, 11) is 1.53. The molecule has 0 bridgehead atoms. The second kappa shape index (κ2) is 8.93. The average Bonchev–Trinajstić information content (AvgIpc) is 3.37. The summed E-state index contributed by atoms with van der Waals surface area (Å²) < 4.78 is 10.9. The van der Waals surface area contributed by atoms with Crippen LogP contribution in [-0.2, 0) is 19.2 Å². The lowest BCUT2D eigenvalue weighted by Gasteiger charge is -2.19. The van der Waals surface area contributed by atoms with Crippen LogP contribution in [0.3, 0.4) is 0 Å². The number of hydrogen-bond acceptors (Lipinski definition) is 6. The van der Waals surface area contributed by atoms with E-state index in [0.717, 1.165) is 25.7 Å². The maximum absolute atomic E-state index is 12.8. The molecule has 3 aliphatic rings. The Morgan fingerprint density at radius 3 is 2.21 bits per heavy atom. The predicted molar refractivity (Wildman–Crippen MR) is 123 cm³/mol. The summed E-state index contributed by atoms with van der Waals surface area (Å²) in [5, 5.41) is 0. The van der Waals surface area contributed by atoms with Gasteiger partial charge >= 0.3 is 5.97 Å². The van der Waals surface area contributed by atoms with Crippen molar-refractivity contribution in [2.45, 2.75) is 32.1 Å². The first-order valence-electron chi connectivity index (χ1n) is 11.6. The Labute approximate surface area is 197 Å². The van der Waals surface area contributed by atoms with Gasteiger partial charge in [0.1, 0.15) is 11.5 Å². The highest BCUT2D eigenvalue weighted by atomic mass is 16.5. The summed E-state index contributed by atoms with van der Waals surface area (Å²) in [5.74, 6) is -1.13. The number of anilines is 2. The number of para-hydroxylation sites is 2. The topological polar surface area (TPSA) is 93.2 Å². The van der Waals surface area contributed by atoms with Crippen molar-refractivity contribution in [3.05, 3.63) is 48.5 Å². The van der Waals surface area contributed by atoms with Crippen LogP contribution in [0.25, 0.3) is 0 Å². The molecule has 176 valence electrons. The molecule has 34 heavy (non-hydrogen) atoms. The third-order valence-corrected chi connectivity index (χ3v) is 6.99. The lowest BCUT2D eigenvalue weighted by atomic mass is 9.81. The van der Waals surface area contributed by atoms with E-state index < -0.39 is 11.9 Å². The maximum Gasteiger partial charge on any atom is 0.316 e. The number of amides is 3. The van der Waals surface area contributed by atoms with E-state index >= 15 is 0 Å². The van der Waals surface area contributed by atoms with E-state index in [1.165, 1.54) is 16.9 Å². The number of carbonyl (C=O) groups is 4. The molecule has 2 aliphatic heterocycles. The number of imide groups is 1. The third kappa shape index (κ3) is 3.83. The monoisotopic (exact) mass is 462 g/mol. The largest absolute Gasteiger partial charge is 0.495 e. The van der Waals surface area contributed by atoms with E-state index in [1.54, 1.807) is 36.4 Å². The van der Waals surface area contributed by atoms with Crippen molar-refractivity contribution in [2.75, 3.05) is 23.5 Å². The smallest absolute Gasteiger partial charge is 0.316 e. The minimum absolute atomic E-state index is 0.0501. The van der Waals surface area contributed by atoms with Gasteiger partial charge in [-0.2, -0.15) is 0 Å². The maximum atomic E-state index is 12.8. The van der Waals surface area contributed by atoms with E-state index in [1.807, 2.05) is 12.1 Å². The molecule has 1 aliphatic carbocycles. The number of hydrogen-bond donors (Lipinski definition) is 0. The van der Waals surface area contributed by atoms with Gasteiger partial charge in [-0.05, 0) is 49.2 Å². The lowest BCUT2D eigenvalue weighted by molar-refractivity contribution is -0.139. The third-order valence-electron chi connectivity index (χ3n) is 6.99. The van der Waals surface area contributed by atoms with Gasteiger partial charge in [-0.1, -0.05) is 25.0 Å². The van der Waals surface area contributed by atoms with Crippen molar-refractivity contribution >= 4 is 35.1 Å². The minimum atomic E-state index is -0.609. The van der Waals surface area contributed by atoms with Gasteiger partial charge in [-0.3, -0.25) is 24.1 Å². The van der Waals surface area contributed by atoms with Crippen LogP contribution in [0, 0.1) is 17.8 Å². The molecule has 3 atom stereocenters. The van der Waals surface area contributed by atoms with Crippen molar-refractivity contribution in [3.8, 4) is 11.5 Å². The summed E-state index contributed by atoms with van der Waals surface area (Å²) in [6.45, 7) is 0.204. The van der Waals surface area contributed by atoms with Crippen LogP contribution >= 0.6 is 0 Å². The molecule has 2 aromatic carbocycles. The van der Waals surface area contributed by atoms with Crippen molar-refractivity contribution in [1.82, 2.24) is 0 Å². The van der Waals surface area contributed by atoms with Gasteiger partial charge in [0.15, 0.2) is 0 Å². The number of carbonyl (C=O) groups excluding carboxylic acids is 4. The van der Waals surface area contributed by atoms with Crippen LogP contribution in [0.5, 0.6) is 11.5 Å². The average molecular weight is 463 g/mol. The first kappa shape index (κ1) is 22.1. The first-order chi connectivity index (χ1) is 16.5.